The topological polar surface area (TPSA) is 79.2 Å². The first kappa shape index (κ1) is 12.3. The summed E-state index contributed by atoms with van der Waals surface area (Å²) in [5.74, 6) is -1.05. The van der Waals surface area contributed by atoms with Crippen LogP contribution in [0.1, 0.15) is 30.4 Å². The Balaban J connectivity index is 3.50. The van der Waals surface area contributed by atoms with Crippen LogP contribution in [0.5, 0.6) is 0 Å². The first-order valence-corrected chi connectivity index (χ1v) is 7.63. The van der Waals surface area contributed by atoms with Crippen LogP contribution in [-0.2, 0) is 15.3 Å². The first-order valence-electron chi connectivity index (χ1n) is 7.45. The van der Waals surface area contributed by atoms with E-state index in [9.17, 15) is 13.9 Å². The number of hydrogen-bond donors (Lipinski definition) is 1. The molecule has 0 radical (unpaired) electrons. The van der Waals surface area contributed by atoms with Gasteiger partial charge in [-0.2, -0.15) is 5.26 Å². The molecule has 0 aliphatic heterocycles. The third kappa shape index (κ3) is 3.00. The third-order valence-corrected chi connectivity index (χ3v) is 6.17. The number of rotatable bonds is 4. The smallest absolute Gasteiger partial charge is 0.135 e. The largest absolute Gasteiger partial charge is 0.321 e. The van der Waals surface area contributed by atoms with Crippen molar-refractivity contribution in [2.24, 2.45) is 10.1 Å². The number of nitriles is 1. The lowest BCUT2D eigenvalue weighted by atomic mass is 9.95. The molecule has 0 heterocycles. The fourth-order valence-corrected chi connectivity index (χ4v) is 3.57. The number of nitrogens with zero attached hydrogens (tertiary/aromatic N) is 2. The minimum atomic E-state index is -3.59. The molecule has 2 atom stereocenters. The second-order valence-electron chi connectivity index (χ2n) is 5.40. The van der Waals surface area contributed by atoms with Crippen molar-refractivity contribution in [1.29, 1.82) is 5.26 Å². The molecule has 1 unspecified atom stereocenters. The van der Waals surface area contributed by atoms with Crippen molar-refractivity contribution in [3.63, 3.8) is 0 Å². The van der Waals surface area contributed by atoms with Gasteiger partial charge in [-0.15, -0.1) is 0 Å². The van der Waals surface area contributed by atoms with Gasteiger partial charge < -0.3 is 5.73 Å². The summed E-state index contributed by atoms with van der Waals surface area (Å²) in [5, 5.41) is 9.26. The molecule has 20 heavy (non-hydrogen) atoms. The van der Waals surface area contributed by atoms with E-state index in [4.69, 9.17) is 9.85 Å². The Morgan fingerprint density at radius 1 is 1.50 bits per heavy atom. The van der Waals surface area contributed by atoms with E-state index in [1.165, 1.54) is 39.0 Å². The molecule has 0 saturated heterocycles. The standard InChI is InChI=1S/C14H20FN3OS/c1-13(2,9-16)20(19,18-4)10-14(3,17)11-7-5-6-8-12(11)15/h5-8H,10,17H2,1-4H3/t14-,20?/m0/s1/i4D3. The van der Waals surface area contributed by atoms with Gasteiger partial charge in [-0.3, -0.25) is 0 Å². The Hall–Kier alpha value is -1.45. The van der Waals surface area contributed by atoms with Gasteiger partial charge in [-0.1, -0.05) is 18.2 Å². The highest BCUT2D eigenvalue weighted by Crippen LogP contribution is 2.28. The van der Waals surface area contributed by atoms with E-state index in [2.05, 4.69) is 4.36 Å². The molecule has 0 spiro atoms. The summed E-state index contributed by atoms with van der Waals surface area (Å²) in [4.78, 5) is 0. The molecule has 110 valence electrons. The van der Waals surface area contributed by atoms with E-state index in [-0.39, 0.29) is 5.56 Å². The Labute approximate surface area is 124 Å². The number of hydrogen-bond acceptors (Lipinski definition) is 4. The zero-order valence-electron chi connectivity index (χ0n) is 14.7. The summed E-state index contributed by atoms with van der Waals surface area (Å²) in [7, 11) is -3.59. The fourth-order valence-electron chi connectivity index (χ4n) is 1.81. The lowest BCUT2D eigenvalue weighted by molar-refractivity contribution is 0.500. The quantitative estimate of drug-likeness (QED) is 0.927. The van der Waals surface area contributed by atoms with Gasteiger partial charge in [0.2, 0.25) is 0 Å². The van der Waals surface area contributed by atoms with Gasteiger partial charge in [-0.25, -0.2) is 13.0 Å². The van der Waals surface area contributed by atoms with Crippen molar-refractivity contribution >= 4 is 9.73 Å². The molecule has 0 amide bonds. The average molecular weight is 300 g/mol. The van der Waals surface area contributed by atoms with Gasteiger partial charge in [0.05, 0.1) is 27.1 Å². The van der Waals surface area contributed by atoms with E-state index in [0.717, 1.165) is 0 Å². The molecule has 0 saturated carbocycles. The van der Waals surface area contributed by atoms with Gasteiger partial charge in [0.15, 0.2) is 0 Å². The van der Waals surface area contributed by atoms with Gasteiger partial charge in [0, 0.05) is 16.7 Å². The monoisotopic (exact) mass is 300 g/mol. The summed E-state index contributed by atoms with van der Waals surface area (Å²) in [6, 6.07) is 7.52. The number of halogens is 1. The van der Waals surface area contributed by atoms with E-state index in [1.807, 2.05) is 6.07 Å². The van der Waals surface area contributed by atoms with E-state index >= 15 is 0 Å². The molecule has 1 aromatic rings. The third-order valence-electron chi connectivity index (χ3n) is 3.20. The van der Waals surface area contributed by atoms with E-state index in [1.54, 1.807) is 6.07 Å². The summed E-state index contributed by atoms with van der Waals surface area (Å²) in [6.07, 6.45) is 0. The fraction of sp³-hybridized carbons (Fsp3) is 0.500. The van der Waals surface area contributed by atoms with Crippen LogP contribution in [-0.4, -0.2) is 21.7 Å². The minimum Gasteiger partial charge on any atom is -0.321 e. The minimum absolute atomic E-state index is 0.0854. The van der Waals surface area contributed by atoms with Gasteiger partial charge in [0.25, 0.3) is 0 Å². The van der Waals surface area contributed by atoms with Crippen LogP contribution in [0.15, 0.2) is 28.6 Å². The molecule has 2 N–H and O–H groups in total. The van der Waals surface area contributed by atoms with Crippen LogP contribution in [0.2, 0.25) is 0 Å². The van der Waals surface area contributed by atoms with Crippen LogP contribution in [0.25, 0.3) is 0 Å². The summed E-state index contributed by atoms with van der Waals surface area (Å²) >= 11 is 0. The maximum Gasteiger partial charge on any atom is 0.135 e. The van der Waals surface area contributed by atoms with Gasteiger partial charge in [0.1, 0.15) is 10.6 Å². The van der Waals surface area contributed by atoms with Crippen molar-refractivity contribution in [2.75, 3.05) is 12.7 Å². The summed E-state index contributed by atoms with van der Waals surface area (Å²) in [5.41, 5.74) is 4.76. The Morgan fingerprint density at radius 2 is 2.10 bits per heavy atom. The zero-order valence-corrected chi connectivity index (χ0v) is 12.5. The second-order valence-corrected chi connectivity index (χ2v) is 8.17. The lowest BCUT2D eigenvalue weighted by Crippen LogP contribution is -2.46. The molecule has 0 fully saturated rings. The van der Waals surface area contributed by atoms with Gasteiger partial charge >= 0.3 is 0 Å². The number of nitrogens with two attached hydrogens (primary N) is 1. The van der Waals surface area contributed by atoms with Crippen molar-refractivity contribution < 1.29 is 12.7 Å². The Kier molecular flexibility index (Phi) is 3.39. The van der Waals surface area contributed by atoms with E-state index in [0.29, 0.717) is 0 Å². The molecule has 1 aromatic carbocycles. The molecule has 1 rings (SSSR count). The van der Waals surface area contributed by atoms with Crippen LogP contribution < -0.4 is 5.73 Å². The first-order chi connectivity index (χ1) is 10.2. The maximum atomic E-state index is 14.0. The van der Waals surface area contributed by atoms with Crippen LogP contribution >= 0.6 is 0 Å². The molecule has 4 nitrogen and oxygen atoms in total. The molecule has 6 heteroatoms. The highest BCUT2D eigenvalue weighted by atomic mass is 32.2. The zero-order chi connectivity index (χ0) is 18.1. The molecule has 0 bridgehead atoms. The van der Waals surface area contributed by atoms with Crippen LogP contribution in [0.3, 0.4) is 0 Å². The predicted octanol–water partition coefficient (Wildman–Crippen LogP) is 2.40. The molecular formula is C14H20FN3OS. The maximum absolute atomic E-state index is 14.0. The highest BCUT2D eigenvalue weighted by molar-refractivity contribution is 7.95. The van der Waals surface area contributed by atoms with Gasteiger partial charge in [-0.05, 0) is 26.8 Å². The SMILES string of the molecule is [2H]C([2H])([2H])N=S(=O)(C[C@](C)(N)c1ccccc1F)C(C)(C)C#N. The van der Waals surface area contributed by atoms with Crippen molar-refractivity contribution in [3.8, 4) is 6.07 Å². The molecule has 0 aromatic heterocycles. The molecular weight excluding hydrogens is 277 g/mol. The number of benzene rings is 1. The highest BCUT2D eigenvalue weighted by Gasteiger charge is 2.38. The summed E-state index contributed by atoms with van der Waals surface area (Å²) in [6.45, 7) is 1.26. The van der Waals surface area contributed by atoms with Crippen molar-refractivity contribution in [1.82, 2.24) is 0 Å². The predicted molar refractivity (Wildman–Crippen MR) is 79.0 cm³/mol. The van der Waals surface area contributed by atoms with Crippen molar-refractivity contribution in [3.05, 3.63) is 35.6 Å². The summed E-state index contributed by atoms with van der Waals surface area (Å²) < 4.78 is 50.8. The Morgan fingerprint density at radius 3 is 2.60 bits per heavy atom. The van der Waals surface area contributed by atoms with Crippen LogP contribution in [0, 0.1) is 17.1 Å². The molecule has 0 aliphatic carbocycles. The lowest BCUT2D eigenvalue weighted by Gasteiger charge is -2.31. The second kappa shape index (κ2) is 5.51. The molecule has 0 aliphatic rings. The van der Waals surface area contributed by atoms with E-state index < -0.39 is 38.6 Å². The average Bonchev–Trinajstić information content (AvgIpc) is 2.35. The van der Waals surface area contributed by atoms with Crippen LogP contribution in [0.4, 0.5) is 4.39 Å². The Bertz CT molecular complexity index is 744. The normalized spacial score (nSPS) is 20.5. The van der Waals surface area contributed by atoms with Crippen molar-refractivity contribution in [2.45, 2.75) is 31.1 Å².